The van der Waals surface area contributed by atoms with E-state index < -0.39 is 5.97 Å². The molecule has 0 N–H and O–H groups in total. The van der Waals surface area contributed by atoms with Crippen LogP contribution in [0, 0.1) is 0 Å². The van der Waals surface area contributed by atoms with Crippen molar-refractivity contribution in [3.05, 3.63) is 48.1 Å². The van der Waals surface area contributed by atoms with E-state index >= 15 is 0 Å². The van der Waals surface area contributed by atoms with E-state index in [4.69, 9.17) is 18.4 Å². The van der Waals surface area contributed by atoms with Crippen molar-refractivity contribution < 1.29 is 23.2 Å². The third-order valence-corrected chi connectivity index (χ3v) is 2.80. The van der Waals surface area contributed by atoms with Crippen LogP contribution in [0.5, 0.6) is 5.88 Å². The number of aromatic nitrogens is 3. The number of furan rings is 1. The Hall–Kier alpha value is -3.16. The van der Waals surface area contributed by atoms with Gasteiger partial charge in [-0.2, -0.15) is 4.98 Å². The van der Waals surface area contributed by atoms with Crippen LogP contribution < -0.4 is 4.74 Å². The van der Waals surface area contributed by atoms with E-state index in [1.165, 1.54) is 12.5 Å². The van der Waals surface area contributed by atoms with Crippen molar-refractivity contribution in [1.82, 2.24) is 15.1 Å². The molecule has 8 heteroatoms. The summed E-state index contributed by atoms with van der Waals surface area (Å²) in [7, 11) is 0. The molecule has 0 aliphatic heterocycles. The summed E-state index contributed by atoms with van der Waals surface area (Å²) in [6.45, 7) is 2.07. The van der Waals surface area contributed by atoms with Gasteiger partial charge < -0.3 is 18.4 Å². The number of hydrogen-bond donors (Lipinski definition) is 0. The van der Waals surface area contributed by atoms with Crippen molar-refractivity contribution in [3.8, 4) is 17.5 Å². The Bertz CT molecular complexity index is 782. The van der Waals surface area contributed by atoms with Gasteiger partial charge in [0.05, 0.1) is 12.9 Å². The zero-order valence-corrected chi connectivity index (χ0v) is 12.3. The summed E-state index contributed by atoms with van der Waals surface area (Å²) < 4.78 is 20.6. The zero-order valence-electron chi connectivity index (χ0n) is 12.3. The van der Waals surface area contributed by atoms with Crippen LogP contribution in [0.25, 0.3) is 11.7 Å². The zero-order chi connectivity index (χ0) is 16.1. The first kappa shape index (κ1) is 14.8. The second-order valence-corrected chi connectivity index (χ2v) is 4.36. The van der Waals surface area contributed by atoms with Crippen LogP contribution in [-0.2, 0) is 11.3 Å². The first-order valence-corrected chi connectivity index (χ1v) is 6.89. The van der Waals surface area contributed by atoms with Crippen LogP contribution in [0.1, 0.15) is 23.1 Å². The van der Waals surface area contributed by atoms with Gasteiger partial charge in [0.25, 0.3) is 5.89 Å². The van der Waals surface area contributed by atoms with Crippen molar-refractivity contribution in [1.29, 1.82) is 0 Å². The number of ether oxygens (including phenoxy) is 2. The summed E-state index contributed by atoms with van der Waals surface area (Å²) in [4.78, 5) is 20.2. The summed E-state index contributed by atoms with van der Waals surface area (Å²) >= 11 is 0. The molecule has 0 aliphatic carbocycles. The molecule has 0 amide bonds. The monoisotopic (exact) mass is 315 g/mol. The van der Waals surface area contributed by atoms with Gasteiger partial charge in [-0.3, -0.25) is 0 Å². The molecule has 0 aromatic carbocycles. The lowest BCUT2D eigenvalue weighted by Gasteiger charge is -2.07. The van der Waals surface area contributed by atoms with Crippen molar-refractivity contribution in [2.45, 2.75) is 13.5 Å². The van der Waals surface area contributed by atoms with E-state index in [2.05, 4.69) is 15.1 Å². The molecule has 0 radical (unpaired) electrons. The molecule has 0 atom stereocenters. The molecule has 23 heavy (non-hydrogen) atoms. The maximum absolute atomic E-state index is 12.1. The summed E-state index contributed by atoms with van der Waals surface area (Å²) in [5.41, 5.74) is 0.240. The summed E-state index contributed by atoms with van der Waals surface area (Å²) in [6.07, 6.45) is 3.04. The molecule has 3 aromatic rings. The van der Waals surface area contributed by atoms with E-state index in [1.807, 2.05) is 0 Å². The highest BCUT2D eigenvalue weighted by Gasteiger charge is 2.17. The summed E-state index contributed by atoms with van der Waals surface area (Å²) in [6, 6.07) is 6.59. The number of carbonyl (C=O) groups is 1. The Morgan fingerprint density at radius 2 is 2.22 bits per heavy atom. The van der Waals surface area contributed by atoms with Gasteiger partial charge in [-0.15, -0.1) is 0 Å². The van der Waals surface area contributed by atoms with E-state index in [-0.39, 0.29) is 29.8 Å². The highest BCUT2D eigenvalue weighted by Crippen LogP contribution is 2.18. The van der Waals surface area contributed by atoms with Crippen LogP contribution in [-0.4, -0.2) is 27.7 Å². The number of carbonyl (C=O) groups excluding carboxylic acids is 1. The van der Waals surface area contributed by atoms with Gasteiger partial charge in [-0.1, -0.05) is 5.16 Å². The molecule has 0 saturated heterocycles. The van der Waals surface area contributed by atoms with Crippen molar-refractivity contribution in [3.63, 3.8) is 0 Å². The van der Waals surface area contributed by atoms with Gasteiger partial charge in [-0.25, -0.2) is 9.78 Å². The lowest BCUT2D eigenvalue weighted by molar-refractivity contribution is 0.0454. The smallest absolute Gasteiger partial charge is 0.344 e. The molecule has 3 aromatic heterocycles. The van der Waals surface area contributed by atoms with Crippen LogP contribution in [0.4, 0.5) is 0 Å². The van der Waals surface area contributed by atoms with Gasteiger partial charge in [0.1, 0.15) is 5.56 Å². The molecular weight excluding hydrogens is 302 g/mol. The maximum atomic E-state index is 12.1. The SMILES string of the molecule is CCOc1ncccc1C(=O)OCc1noc(-c2ccco2)n1. The molecule has 118 valence electrons. The minimum atomic E-state index is -0.578. The van der Waals surface area contributed by atoms with Gasteiger partial charge in [0.2, 0.25) is 11.7 Å². The van der Waals surface area contributed by atoms with Crippen molar-refractivity contribution in [2.24, 2.45) is 0 Å². The fraction of sp³-hybridized carbons (Fsp3) is 0.200. The van der Waals surface area contributed by atoms with Crippen molar-refractivity contribution in [2.75, 3.05) is 6.61 Å². The molecular formula is C15H13N3O5. The molecule has 0 aliphatic rings. The van der Waals surface area contributed by atoms with Crippen molar-refractivity contribution >= 4 is 5.97 Å². The Kier molecular flexibility index (Phi) is 4.32. The van der Waals surface area contributed by atoms with Gasteiger partial charge in [0.15, 0.2) is 12.4 Å². The topological polar surface area (TPSA) is 100 Å². The van der Waals surface area contributed by atoms with E-state index in [0.29, 0.717) is 12.4 Å². The van der Waals surface area contributed by atoms with E-state index in [0.717, 1.165) is 0 Å². The highest BCUT2D eigenvalue weighted by atomic mass is 16.5. The number of pyridine rings is 1. The first-order valence-electron chi connectivity index (χ1n) is 6.89. The normalized spacial score (nSPS) is 10.5. The second-order valence-electron chi connectivity index (χ2n) is 4.36. The standard InChI is InChI=1S/C15H13N3O5/c1-2-20-13-10(5-3-7-16-13)15(19)22-9-12-17-14(23-18-12)11-6-4-8-21-11/h3-8H,2,9H2,1H3. The Morgan fingerprint density at radius 3 is 3.00 bits per heavy atom. The molecule has 0 fully saturated rings. The number of hydrogen-bond acceptors (Lipinski definition) is 8. The van der Waals surface area contributed by atoms with Gasteiger partial charge >= 0.3 is 5.97 Å². The lowest BCUT2D eigenvalue weighted by Crippen LogP contribution is -2.09. The quantitative estimate of drug-likeness (QED) is 0.639. The highest BCUT2D eigenvalue weighted by molar-refractivity contribution is 5.91. The van der Waals surface area contributed by atoms with Gasteiger partial charge in [0, 0.05) is 6.20 Å². The number of esters is 1. The molecule has 0 spiro atoms. The van der Waals surface area contributed by atoms with Crippen LogP contribution >= 0.6 is 0 Å². The molecule has 3 heterocycles. The van der Waals surface area contributed by atoms with Gasteiger partial charge in [-0.05, 0) is 31.2 Å². The molecule has 3 rings (SSSR count). The van der Waals surface area contributed by atoms with Crippen LogP contribution in [0.2, 0.25) is 0 Å². The van der Waals surface area contributed by atoms with E-state index in [1.54, 1.807) is 31.2 Å². The Labute approximate surface area is 131 Å². The van der Waals surface area contributed by atoms with Crippen LogP contribution in [0.15, 0.2) is 45.7 Å². The minimum Gasteiger partial charge on any atom is -0.477 e. The Morgan fingerprint density at radius 1 is 1.30 bits per heavy atom. The average Bonchev–Trinajstić information content (AvgIpc) is 3.24. The average molecular weight is 315 g/mol. The number of nitrogens with zero attached hydrogens (tertiary/aromatic N) is 3. The lowest BCUT2D eigenvalue weighted by atomic mass is 10.3. The Balaban J connectivity index is 1.65. The second kappa shape index (κ2) is 6.73. The molecule has 8 nitrogen and oxygen atoms in total. The van der Waals surface area contributed by atoms with Crippen LogP contribution in [0.3, 0.4) is 0 Å². The first-order chi connectivity index (χ1) is 11.3. The molecule has 0 saturated carbocycles. The van der Waals surface area contributed by atoms with E-state index in [9.17, 15) is 4.79 Å². The third kappa shape index (κ3) is 3.37. The summed E-state index contributed by atoms with van der Waals surface area (Å²) in [5, 5.41) is 3.73. The predicted molar refractivity (Wildman–Crippen MR) is 76.5 cm³/mol. The predicted octanol–water partition coefficient (Wildman–Crippen LogP) is 2.48. The molecule has 0 unspecified atom stereocenters. The fourth-order valence-corrected chi connectivity index (χ4v) is 1.82. The third-order valence-electron chi connectivity index (χ3n) is 2.80. The maximum Gasteiger partial charge on any atom is 0.344 e. The molecule has 0 bridgehead atoms. The minimum absolute atomic E-state index is 0.135. The number of rotatable bonds is 6. The fourth-order valence-electron chi connectivity index (χ4n) is 1.82. The summed E-state index contributed by atoms with van der Waals surface area (Å²) in [5.74, 6) is 0.542. The largest absolute Gasteiger partial charge is 0.477 e.